The van der Waals surface area contributed by atoms with Crippen molar-refractivity contribution in [3.8, 4) is 22.6 Å². The maximum atomic E-state index is 13.5. The van der Waals surface area contributed by atoms with Gasteiger partial charge in [-0.1, -0.05) is 25.1 Å². The molecule has 7 nitrogen and oxygen atoms in total. The number of nitrogens with zero attached hydrogens (tertiary/aromatic N) is 4. The first-order valence-corrected chi connectivity index (χ1v) is 11.4. The zero-order valence-corrected chi connectivity index (χ0v) is 19.8. The van der Waals surface area contributed by atoms with Crippen LogP contribution in [-0.2, 0) is 19.4 Å². The minimum absolute atomic E-state index is 0.130. The van der Waals surface area contributed by atoms with Gasteiger partial charge in [0.05, 0.1) is 30.8 Å². The normalized spacial score (nSPS) is 11.3. The Balaban J connectivity index is 1.53. The summed E-state index contributed by atoms with van der Waals surface area (Å²) in [4.78, 5) is 17.9. The van der Waals surface area contributed by atoms with E-state index in [9.17, 15) is 9.18 Å². The summed E-state index contributed by atoms with van der Waals surface area (Å²) in [6.07, 6.45) is 4.72. The number of methoxy groups -OCH3 is 2. The minimum atomic E-state index is -0.296. The number of fused-ring (bicyclic) bond motifs is 3. The lowest BCUT2D eigenvalue weighted by atomic mass is 10.0. The van der Waals surface area contributed by atoms with Crippen LogP contribution in [0.25, 0.3) is 27.7 Å². The van der Waals surface area contributed by atoms with E-state index in [1.807, 2.05) is 31.2 Å². The SMILES string of the molecule is CCc1nn2c(ncc3c(=O)n(CCc4ccc(OC)c(OC)c4)ccc32)c1-c1ccc(F)cc1. The summed E-state index contributed by atoms with van der Waals surface area (Å²) in [5.41, 5.74) is 4.77. The molecular formula is C27H25FN4O3. The van der Waals surface area contributed by atoms with Gasteiger partial charge in [0, 0.05) is 24.5 Å². The predicted molar refractivity (Wildman–Crippen MR) is 133 cm³/mol. The van der Waals surface area contributed by atoms with E-state index in [1.54, 1.807) is 47.8 Å². The van der Waals surface area contributed by atoms with Gasteiger partial charge in [0.1, 0.15) is 5.82 Å². The molecule has 0 unspecified atom stereocenters. The van der Waals surface area contributed by atoms with Gasteiger partial charge in [-0.3, -0.25) is 4.79 Å². The zero-order chi connectivity index (χ0) is 24.5. The lowest BCUT2D eigenvalue weighted by Gasteiger charge is -2.11. The van der Waals surface area contributed by atoms with Crippen molar-refractivity contribution in [3.05, 3.63) is 88.4 Å². The average Bonchev–Trinajstić information content (AvgIpc) is 3.27. The molecule has 5 aromatic rings. The van der Waals surface area contributed by atoms with Crippen molar-refractivity contribution in [2.45, 2.75) is 26.3 Å². The third-order valence-electron chi connectivity index (χ3n) is 6.21. The van der Waals surface area contributed by atoms with Gasteiger partial charge in [0.25, 0.3) is 5.56 Å². The summed E-state index contributed by atoms with van der Waals surface area (Å²) in [6, 6.07) is 13.9. The molecule has 3 heterocycles. The van der Waals surface area contributed by atoms with Crippen molar-refractivity contribution in [3.63, 3.8) is 0 Å². The van der Waals surface area contributed by atoms with Crippen LogP contribution in [0.4, 0.5) is 4.39 Å². The van der Waals surface area contributed by atoms with Crippen LogP contribution in [0.3, 0.4) is 0 Å². The molecule has 0 radical (unpaired) electrons. The quantitative estimate of drug-likeness (QED) is 0.344. The lowest BCUT2D eigenvalue weighted by molar-refractivity contribution is 0.354. The van der Waals surface area contributed by atoms with Gasteiger partial charge in [0.2, 0.25) is 0 Å². The standard InChI is InChI=1S/C27H25FN4O3/c1-4-21-25(18-6-8-19(28)9-7-18)26-29-16-20-22(32(26)30-21)12-14-31(27(20)33)13-11-17-5-10-23(34-2)24(15-17)35-3/h5-10,12,14-16H,4,11,13H2,1-3H3. The molecule has 3 aromatic heterocycles. The van der Waals surface area contributed by atoms with Crippen molar-refractivity contribution in [1.82, 2.24) is 19.2 Å². The van der Waals surface area contributed by atoms with Crippen LogP contribution in [-0.4, -0.2) is 33.4 Å². The fourth-order valence-corrected chi connectivity index (χ4v) is 4.38. The molecule has 0 saturated carbocycles. The topological polar surface area (TPSA) is 70.7 Å². The third kappa shape index (κ3) is 4.01. The Morgan fingerprint density at radius 3 is 2.49 bits per heavy atom. The predicted octanol–water partition coefficient (Wildman–Crippen LogP) is 4.67. The van der Waals surface area contributed by atoms with Crippen LogP contribution < -0.4 is 15.0 Å². The van der Waals surface area contributed by atoms with Gasteiger partial charge >= 0.3 is 0 Å². The highest BCUT2D eigenvalue weighted by Crippen LogP contribution is 2.30. The van der Waals surface area contributed by atoms with Crippen molar-refractivity contribution in [2.75, 3.05) is 14.2 Å². The third-order valence-corrected chi connectivity index (χ3v) is 6.21. The van der Waals surface area contributed by atoms with Gasteiger partial charge in [-0.15, -0.1) is 0 Å². The summed E-state index contributed by atoms with van der Waals surface area (Å²) in [5, 5.41) is 5.23. The fraction of sp³-hybridized carbons (Fsp3) is 0.222. The number of hydrogen-bond acceptors (Lipinski definition) is 5. The number of pyridine rings is 1. The minimum Gasteiger partial charge on any atom is -0.493 e. The Hall–Kier alpha value is -4.20. The van der Waals surface area contributed by atoms with E-state index in [2.05, 4.69) is 4.98 Å². The van der Waals surface area contributed by atoms with E-state index >= 15 is 0 Å². The maximum absolute atomic E-state index is 13.5. The second-order valence-corrected chi connectivity index (χ2v) is 8.23. The molecule has 35 heavy (non-hydrogen) atoms. The van der Waals surface area contributed by atoms with E-state index in [0.717, 1.165) is 22.4 Å². The second kappa shape index (κ2) is 9.21. The first kappa shape index (κ1) is 22.6. The van der Waals surface area contributed by atoms with E-state index in [0.29, 0.717) is 47.4 Å². The van der Waals surface area contributed by atoms with Crippen LogP contribution in [0.15, 0.2) is 65.7 Å². The Morgan fingerprint density at radius 1 is 1.00 bits per heavy atom. The highest BCUT2D eigenvalue weighted by molar-refractivity contribution is 5.86. The number of hydrogen-bond donors (Lipinski definition) is 0. The number of benzene rings is 2. The molecule has 0 saturated heterocycles. The Labute approximate surface area is 201 Å². The molecule has 0 amide bonds. The molecule has 2 aromatic carbocycles. The molecule has 0 atom stereocenters. The maximum Gasteiger partial charge on any atom is 0.261 e. The van der Waals surface area contributed by atoms with E-state index in [4.69, 9.17) is 14.6 Å². The van der Waals surface area contributed by atoms with Gasteiger partial charge in [-0.2, -0.15) is 5.10 Å². The Bertz CT molecular complexity index is 1590. The van der Waals surface area contributed by atoms with Crippen LogP contribution in [0, 0.1) is 5.82 Å². The number of aryl methyl sites for hydroxylation is 3. The summed E-state index contributed by atoms with van der Waals surface area (Å²) in [7, 11) is 3.20. The smallest absolute Gasteiger partial charge is 0.261 e. The summed E-state index contributed by atoms with van der Waals surface area (Å²) in [5.74, 6) is 1.03. The largest absolute Gasteiger partial charge is 0.493 e. The number of ether oxygens (including phenoxy) is 2. The molecule has 5 rings (SSSR count). The average molecular weight is 473 g/mol. The van der Waals surface area contributed by atoms with Crippen molar-refractivity contribution in [2.24, 2.45) is 0 Å². The molecule has 0 bridgehead atoms. The molecule has 0 N–H and O–H groups in total. The van der Waals surface area contributed by atoms with Crippen LogP contribution >= 0.6 is 0 Å². The van der Waals surface area contributed by atoms with Crippen LogP contribution in [0.1, 0.15) is 18.2 Å². The zero-order valence-electron chi connectivity index (χ0n) is 19.8. The van der Waals surface area contributed by atoms with E-state index in [1.165, 1.54) is 12.1 Å². The summed E-state index contributed by atoms with van der Waals surface area (Å²) in [6.45, 7) is 2.51. The van der Waals surface area contributed by atoms with Gasteiger partial charge in [0.15, 0.2) is 17.1 Å². The number of halogens is 1. The molecule has 0 spiro atoms. The molecule has 8 heteroatoms. The summed E-state index contributed by atoms with van der Waals surface area (Å²) < 4.78 is 27.5. The van der Waals surface area contributed by atoms with Crippen molar-refractivity contribution >= 4 is 16.6 Å². The van der Waals surface area contributed by atoms with Gasteiger partial charge in [-0.25, -0.2) is 13.9 Å². The van der Waals surface area contributed by atoms with Crippen LogP contribution in [0.2, 0.25) is 0 Å². The van der Waals surface area contributed by atoms with Crippen molar-refractivity contribution < 1.29 is 13.9 Å². The molecule has 178 valence electrons. The number of rotatable bonds is 7. The first-order chi connectivity index (χ1) is 17.0. The molecular weight excluding hydrogens is 447 g/mol. The Kier molecular flexibility index (Phi) is 5.94. The van der Waals surface area contributed by atoms with E-state index in [-0.39, 0.29) is 11.4 Å². The van der Waals surface area contributed by atoms with E-state index < -0.39 is 0 Å². The highest BCUT2D eigenvalue weighted by atomic mass is 19.1. The highest BCUT2D eigenvalue weighted by Gasteiger charge is 2.18. The summed E-state index contributed by atoms with van der Waals surface area (Å²) >= 11 is 0. The Morgan fingerprint density at radius 2 is 1.77 bits per heavy atom. The van der Waals surface area contributed by atoms with Gasteiger partial charge in [-0.05, 0) is 54.3 Å². The number of aromatic nitrogens is 4. The van der Waals surface area contributed by atoms with Crippen molar-refractivity contribution in [1.29, 1.82) is 0 Å². The molecule has 0 fully saturated rings. The first-order valence-electron chi connectivity index (χ1n) is 11.4. The van der Waals surface area contributed by atoms with Crippen LogP contribution in [0.5, 0.6) is 11.5 Å². The lowest BCUT2D eigenvalue weighted by Crippen LogP contribution is -2.21. The van der Waals surface area contributed by atoms with Gasteiger partial charge < -0.3 is 14.0 Å². The fourth-order valence-electron chi connectivity index (χ4n) is 4.38. The molecule has 0 aliphatic carbocycles. The molecule has 0 aliphatic rings. The second-order valence-electron chi connectivity index (χ2n) is 8.23. The monoisotopic (exact) mass is 472 g/mol. The molecule has 0 aliphatic heterocycles.